The molecule has 0 amide bonds. The Bertz CT molecular complexity index is 859. The summed E-state index contributed by atoms with van der Waals surface area (Å²) in [6, 6.07) is 11.5. The molecule has 2 aromatic rings. The topological polar surface area (TPSA) is 61.5 Å². The summed E-state index contributed by atoms with van der Waals surface area (Å²) in [4.78, 5) is 11.9. The number of ether oxygens (including phenoxy) is 1. The van der Waals surface area contributed by atoms with Crippen molar-refractivity contribution >= 4 is 23.8 Å². The van der Waals surface area contributed by atoms with Crippen LogP contribution in [0.4, 0.5) is 4.39 Å². The molecule has 6 heteroatoms. The number of carbonyl (C=O) groups is 1. The van der Waals surface area contributed by atoms with Gasteiger partial charge in [0.25, 0.3) is 0 Å². The van der Waals surface area contributed by atoms with Crippen molar-refractivity contribution < 1.29 is 18.1 Å². The fraction of sp³-hybridized carbons (Fsp3) is 0.211. The third-order valence-electron chi connectivity index (χ3n) is 4.39. The van der Waals surface area contributed by atoms with Crippen LogP contribution < -0.4 is 9.88 Å². The van der Waals surface area contributed by atoms with Crippen molar-refractivity contribution in [3.8, 4) is 5.75 Å². The van der Waals surface area contributed by atoms with E-state index in [0.717, 1.165) is 22.3 Å². The summed E-state index contributed by atoms with van der Waals surface area (Å²) in [6.45, 7) is 5.90. The van der Waals surface area contributed by atoms with Crippen LogP contribution in [0.5, 0.6) is 5.75 Å². The maximum atomic E-state index is 13.3. The minimum absolute atomic E-state index is 0.286. The Morgan fingerprint density at radius 1 is 1.20 bits per heavy atom. The van der Waals surface area contributed by atoms with Gasteiger partial charge in [-0.3, -0.25) is 0 Å². The van der Waals surface area contributed by atoms with Gasteiger partial charge in [0.15, 0.2) is 0 Å². The van der Waals surface area contributed by atoms with Crippen molar-refractivity contribution in [2.45, 2.75) is 26.4 Å². The molecule has 2 aromatic carbocycles. The van der Waals surface area contributed by atoms with E-state index >= 15 is 0 Å². The second-order valence-corrected chi connectivity index (χ2v) is 6.66. The number of halogens is 1. The highest BCUT2D eigenvalue weighted by Gasteiger charge is 2.33. The Morgan fingerprint density at radius 2 is 1.88 bits per heavy atom. The SMILES string of the molecule is CC1=C(c2ccc(F)cc2)c2ccc(C(=O)OSN)cc2OC1(C)C. The first-order chi connectivity index (χ1) is 11.8. The molecule has 0 unspecified atom stereocenters. The summed E-state index contributed by atoms with van der Waals surface area (Å²) in [5, 5.41) is 5.18. The van der Waals surface area contributed by atoms with E-state index in [1.165, 1.54) is 12.1 Å². The zero-order chi connectivity index (χ0) is 18.2. The Balaban J connectivity index is 2.15. The van der Waals surface area contributed by atoms with Crippen LogP contribution in [0.15, 0.2) is 48.0 Å². The third kappa shape index (κ3) is 3.27. The maximum Gasteiger partial charge on any atom is 0.351 e. The van der Waals surface area contributed by atoms with Crippen LogP contribution in [0.1, 0.15) is 42.3 Å². The number of hydrogen-bond donors (Lipinski definition) is 1. The minimum atomic E-state index is -0.568. The average Bonchev–Trinajstić information content (AvgIpc) is 2.57. The van der Waals surface area contributed by atoms with Crippen LogP contribution in [0.25, 0.3) is 5.57 Å². The first-order valence-electron chi connectivity index (χ1n) is 7.72. The van der Waals surface area contributed by atoms with Gasteiger partial charge in [-0.05, 0) is 67.8 Å². The van der Waals surface area contributed by atoms with E-state index < -0.39 is 11.6 Å². The van der Waals surface area contributed by atoms with Gasteiger partial charge in [-0.1, -0.05) is 12.1 Å². The molecule has 1 heterocycles. The molecule has 0 fully saturated rings. The molecule has 1 aliphatic heterocycles. The number of fused-ring (bicyclic) bond motifs is 1. The van der Waals surface area contributed by atoms with Gasteiger partial charge in [0.1, 0.15) is 29.4 Å². The standard InChI is InChI=1S/C19H18FNO3S/c1-11-17(12-4-7-14(20)8-5-12)15-9-6-13(18(22)24-25-21)10-16(15)23-19(11,2)3/h4-10H,21H2,1-3H3. The Hall–Kier alpha value is -2.31. The second kappa shape index (κ2) is 6.54. The summed E-state index contributed by atoms with van der Waals surface area (Å²) in [5.74, 6) is -0.247. The molecule has 0 saturated carbocycles. The Morgan fingerprint density at radius 3 is 2.52 bits per heavy atom. The molecular weight excluding hydrogens is 341 g/mol. The summed E-state index contributed by atoms with van der Waals surface area (Å²) >= 11 is 0.506. The zero-order valence-electron chi connectivity index (χ0n) is 14.1. The molecule has 0 aromatic heterocycles. The molecule has 0 spiro atoms. The molecule has 0 aliphatic carbocycles. The van der Waals surface area contributed by atoms with Gasteiger partial charge < -0.3 is 8.92 Å². The highest BCUT2D eigenvalue weighted by molar-refractivity contribution is 7.92. The average molecular weight is 359 g/mol. The van der Waals surface area contributed by atoms with E-state index in [-0.39, 0.29) is 5.82 Å². The molecule has 0 radical (unpaired) electrons. The normalized spacial score (nSPS) is 15.4. The Kier molecular flexibility index (Phi) is 4.58. The van der Waals surface area contributed by atoms with Gasteiger partial charge in [-0.25, -0.2) is 14.3 Å². The van der Waals surface area contributed by atoms with Gasteiger partial charge in [-0.15, -0.1) is 0 Å². The fourth-order valence-electron chi connectivity index (χ4n) is 2.88. The van der Waals surface area contributed by atoms with E-state index in [1.54, 1.807) is 24.3 Å². The van der Waals surface area contributed by atoms with E-state index in [1.807, 2.05) is 26.8 Å². The number of hydrogen-bond acceptors (Lipinski definition) is 5. The lowest BCUT2D eigenvalue weighted by molar-refractivity contribution is 0.0766. The monoisotopic (exact) mass is 359 g/mol. The van der Waals surface area contributed by atoms with Crippen molar-refractivity contribution in [2.75, 3.05) is 0 Å². The molecule has 0 atom stereocenters. The van der Waals surface area contributed by atoms with Crippen LogP contribution in [0.3, 0.4) is 0 Å². The Labute approximate surface area is 150 Å². The van der Waals surface area contributed by atoms with Crippen molar-refractivity contribution in [3.63, 3.8) is 0 Å². The van der Waals surface area contributed by atoms with Crippen molar-refractivity contribution in [2.24, 2.45) is 5.14 Å². The molecule has 1 aliphatic rings. The van der Waals surface area contributed by atoms with Crippen LogP contribution in [0, 0.1) is 5.82 Å². The lowest BCUT2D eigenvalue weighted by atomic mass is 9.83. The molecule has 2 N–H and O–H groups in total. The number of nitrogens with two attached hydrogens (primary N) is 1. The van der Waals surface area contributed by atoms with Crippen LogP contribution in [-0.4, -0.2) is 11.6 Å². The number of carbonyl (C=O) groups excluding carboxylic acids is 1. The smallest absolute Gasteiger partial charge is 0.351 e. The second-order valence-electron chi connectivity index (χ2n) is 6.30. The van der Waals surface area contributed by atoms with Gasteiger partial charge in [0.2, 0.25) is 0 Å². The third-order valence-corrected chi connectivity index (χ3v) is 4.63. The molecule has 0 bridgehead atoms. The van der Waals surface area contributed by atoms with Crippen LogP contribution in [0.2, 0.25) is 0 Å². The predicted octanol–water partition coefficient (Wildman–Crippen LogP) is 4.50. The summed E-state index contributed by atoms with van der Waals surface area (Å²) in [5.41, 5.74) is 3.52. The summed E-state index contributed by atoms with van der Waals surface area (Å²) in [7, 11) is 0. The highest BCUT2D eigenvalue weighted by Crippen LogP contribution is 2.44. The molecule has 0 saturated heterocycles. The fourth-order valence-corrected chi connectivity index (χ4v) is 3.06. The maximum absolute atomic E-state index is 13.3. The van der Waals surface area contributed by atoms with Crippen molar-refractivity contribution in [1.29, 1.82) is 0 Å². The van der Waals surface area contributed by atoms with E-state index in [2.05, 4.69) is 0 Å². The van der Waals surface area contributed by atoms with E-state index in [9.17, 15) is 9.18 Å². The van der Waals surface area contributed by atoms with E-state index in [0.29, 0.717) is 23.5 Å². The lowest BCUT2D eigenvalue weighted by Crippen LogP contribution is -2.33. The van der Waals surface area contributed by atoms with Crippen LogP contribution in [-0.2, 0) is 4.18 Å². The van der Waals surface area contributed by atoms with Crippen LogP contribution >= 0.6 is 12.2 Å². The van der Waals surface area contributed by atoms with Gasteiger partial charge in [0.05, 0.1) is 5.56 Å². The van der Waals surface area contributed by atoms with Crippen molar-refractivity contribution in [3.05, 3.63) is 70.5 Å². The molecule has 3 rings (SSSR count). The summed E-state index contributed by atoms with van der Waals surface area (Å²) < 4.78 is 24.2. The molecule has 25 heavy (non-hydrogen) atoms. The van der Waals surface area contributed by atoms with Crippen molar-refractivity contribution in [1.82, 2.24) is 0 Å². The molecule has 4 nitrogen and oxygen atoms in total. The largest absolute Gasteiger partial charge is 0.483 e. The quantitative estimate of drug-likeness (QED) is 0.646. The zero-order valence-corrected chi connectivity index (χ0v) is 14.9. The number of benzene rings is 2. The predicted molar refractivity (Wildman–Crippen MR) is 96.4 cm³/mol. The summed E-state index contributed by atoms with van der Waals surface area (Å²) in [6.07, 6.45) is 0. The van der Waals surface area contributed by atoms with Gasteiger partial charge in [-0.2, -0.15) is 0 Å². The highest BCUT2D eigenvalue weighted by atomic mass is 32.2. The molecule has 130 valence electrons. The minimum Gasteiger partial charge on any atom is -0.483 e. The lowest BCUT2D eigenvalue weighted by Gasteiger charge is -2.36. The first kappa shape index (κ1) is 17.5. The van der Waals surface area contributed by atoms with Gasteiger partial charge in [0, 0.05) is 5.56 Å². The first-order valence-corrected chi connectivity index (χ1v) is 8.52. The van der Waals surface area contributed by atoms with E-state index in [4.69, 9.17) is 14.1 Å². The number of rotatable bonds is 3. The molecular formula is C19H18FNO3S. The van der Waals surface area contributed by atoms with Gasteiger partial charge >= 0.3 is 5.97 Å².